The van der Waals surface area contributed by atoms with Gasteiger partial charge in [-0.05, 0) is 49.2 Å². The molecular weight excluding hydrogens is 358 g/mol. The molecule has 0 atom stereocenters. The molecule has 0 fully saturated rings. The maximum atomic E-state index is 12.8. The molecule has 3 aromatic rings. The van der Waals surface area contributed by atoms with E-state index in [9.17, 15) is 9.59 Å². The summed E-state index contributed by atoms with van der Waals surface area (Å²) in [6.07, 6.45) is 3.23. The Morgan fingerprint density at radius 2 is 1.85 bits per heavy atom. The third-order valence-corrected chi connectivity index (χ3v) is 5.37. The van der Waals surface area contributed by atoms with Crippen molar-refractivity contribution in [3.63, 3.8) is 0 Å². The van der Waals surface area contributed by atoms with Crippen LogP contribution < -0.4 is 10.5 Å². The Kier molecular flexibility index (Phi) is 5.76. The Bertz CT molecular complexity index is 1020. The van der Waals surface area contributed by atoms with Crippen LogP contribution in [-0.2, 0) is 4.79 Å². The second kappa shape index (κ2) is 8.22. The molecule has 3 rings (SSSR count). The Balaban J connectivity index is 1.77. The van der Waals surface area contributed by atoms with E-state index in [1.807, 2.05) is 62.4 Å². The average molecular weight is 379 g/mol. The number of para-hydroxylation sites is 1. The van der Waals surface area contributed by atoms with Crippen LogP contribution in [0.25, 0.3) is 5.69 Å². The van der Waals surface area contributed by atoms with Gasteiger partial charge in [0.15, 0.2) is 5.03 Å². The molecule has 27 heavy (non-hydrogen) atoms. The van der Waals surface area contributed by atoms with Crippen molar-refractivity contribution in [3.8, 4) is 5.69 Å². The molecule has 0 aliphatic heterocycles. The number of anilines is 1. The minimum absolute atomic E-state index is 0.0889. The maximum absolute atomic E-state index is 12.8. The van der Waals surface area contributed by atoms with Crippen LogP contribution in [0.4, 0.5) is 5.69 Å². The van der Waals surface area contributed by atoms with E-state index in [1.165, 1.54) is 5.56 Å². The molecule has 0 saturated heterocycles. The average Bonchev–Trinajstić information content (AvgIpc) is 2.69. The van der Waals surface area contributed by atoms with E-state index < -0.39 is 0 Å². The smallest absolute Gasteiger partial charge is 0.287 e. The zero-order chi connectivity index (χ0) is 19.4. The number of carbonyl (C=O) groups is 1. The van der Waals surface area contributed by atoms with Crippen molar-refractivity contribution < 1.29 is 4.79 Å². The van der Waals surface area contributed by atoms with E-state index in [-0.39, 0.29) is 17.2 Å². The van der Waals surface area contributed by atoms with E-state index in [1.54, 1.807) is 28.9 Å². The summed E-state index contributed by atoms with van der Waals surface area (Å²) in [6.45, 7) is 4.05. The van der Waals surface area contributed by atoms with Gasteiger partial charge in [0.1, 0.15) is 0 Å². The number of benzene rings is 2. The van der Waals surface area contributed by atoms with Gasteiger partial charge in [0.25, 0.3) is 5.56 Å². The molecule has 0 aliphatic carbocycles. The molecule has 138 valence electrons. The third-order valence-electron chi connectivity index (χ3n) is 4.43. The van der Waals surface area contributed by atoms with Gasteiger partial charge in [-0.3, -0.25) is 14.2 Å². The molecule has 0 bridgehead atoms. The molecule has 1 aromatic heterocycles. The molecule has 2 aromatic carbocycles. The summed E-state index contributed by atoms with van der Waals surface area (Å²) in [7, 11) is 1.73. The number of hydrogen-bond acceptors (Lipinski definition) is 4. The number of thioether (sulfide) groups is 1. The van der Waals surface area contributed by atoms with Gasteiger partial charge >= 0.3 is 0 Å². The van der Waals surface area contributed by atoms with Crippen LogP contribution in [0, 0.1) is 13.8 Å². The van der Waals surface area contributed by atoms with Crippen molar-refractivity contribution >= 4 is 23.4 Å². The van der Waals surface area contributed by atoms with Crippen molar-refractivity contribution in [1.29, 1.82) is 0 Å². The molecule has 1 heterocycles. The SMILES string of the molecule is Cc1ccc(-n2ccnc(SCC(=O)N(C)c3ccccc3)c2=O)cc1C. The minimum Gasteiger partial charge on any atom is -0.315 e. The lowest BCUT2D eigenvalue weighted by atomic mass is 10.1. The number of nitrogens with zero attached hydrogens (tertiary/aromatic N) is 3. The first-order valence-corrected chi connectivity index (χ1v) is 9.55. The highest BCUT2D eigenvalue weighted by molar-refractivity contribution is 7.99. The molecule has 0 saturated carbocycles. The van der Waals surface area contributed by atoms with E-state index in [2.05, 4.69) is 4.98 Å². The first-order chi connectivity index (χ1) is 13.0. The quantitative estimate of drug-likeness (QED) is 0.636. The van der Waals surface area contributed by atoms with Gasteiger partial charge in [-0.25, -0.2) is 4.98 Å². The zero-order valence-electron chi connectivity index (χ0n) is 15.5. The molecule has 0 aliphatic rings. The highest BCUT2D eigenvalue weighted by Gasteiger charge is 2.14. The zero-order valence-corrected chi connectivity index (χ0v) is 16.4. The summed E-state index contributed by atoms with van der Waals surface area (Å²) >= 11 is 1.16. The highest BCUT2D eigenvalue weighted by Crippen LogP contribution is 2.17. The monoisotopic (exact) mass is 379 g/mol. The summed E-state index contributed by atoms with van der Waals surface area (Å²) in [5, 5.41) is 0.311. The molecule has 1 amide bonds. The fourth-order valence-electron chi connectivity index (χ4n) is 2.59. The van der Waals surface area contributed by atoms with Crippen molar-refractivity contribution in [2.75, 3.05) is 17.7 Å². The van der Waals surface area contributed by atoms with Crippen LogP contribution in [0.3, 0.4) is 0 Å². The number of aryl methyl sites for hydroxylation is 2. The number of carbonyl (C=O) groups excluding carboxylic acids is 1. The summed E-state index contributed by atoms with van der Waals surface area (Å²) < 4.78 is 1.56. The van der Waals surface area contributed by atoms with Gasteiger partial charge in [0.05, 0.1) is 5.75 Å². The maximum Gasteiger partial charge on any atom is 0.287 e. The lowest BCUT2D eigenvalue weighted by Crippen LogP contribution is -2.28. The lowest BCUT2D eigenvalue weighted by molar-refractivity contribution is -0.115. The van der Waals surface area contributed by atoms with Crippen LogP contribution in [0.5, 0.6) is 0 Å². The van der Waals surface area contributed by atoms with E-state index in [4.69, 9.17) is 0 Å². The van der Waals surface area contributed by atoms with Crippen LogP contribution >= 0.6 is 11.8 Å². The molecule has 5 nitrogen and oxygen atoms in total. The third kappa shape index (κ3) is 4.28. The first kappa shape index (κ1) is 18.9. The second-order valence-electron chi connectivity index (χ2n) is 6.25. The van der Waals surface area contributed by atoms with Crippen molar-refractivity contribution in [1.82, 2.24) is 9.55 Å². The van der Waals surface area contributed by atoms with Gasteiger partial charge in [-0.2, -0.15) is 0 Å². The molecule has 0 unspecified atom stereocenters. The topological polar surface area (TPSA) is 55.2 Å². The molecular formula is C21H21N3O2S. The number of hydrogen-bond donors (Lipinski definition) is 0. The van der Waals surface area contributed by atoms with E-state index >= 15 is 0 Å². The first-order valence-electron chi connectivity index (χ1n) is 8.57. The van der Waals surface area contributed by atoms with E-state index in [0.717, 1.165) is 28.7 Å². The fraction of sp³-hybridized carbons (Fsp3) is 0.190. The van der Waals surface area contributed by atoms with Gasteiger partial charge in [-0.1, -0.05) is 36.0 Å². The van der Waals surface area contributed by atoms with Crippen LogP contribution in [0.2, 0.25) is 0 Å². The summed E-state index contributed by atoms with van der Waals surface area (Å²) in [6, 6.07) is 15.3. The summed E-state index contributed by atoms with van der Waals surface area (Å²) in [5.74, 6) is 0.0545. The Morgan fingerprint density at radius 1 is 1.11 bits per heavy atom. The second-order valence-corrected chi connectivity index (χ2v) is 7.22. The number of rotatable bonds is 5. The summed E-state index contributed by atoms with van der Waals surface area (Å²) in [5.41, 5.74) is 3.67. The van der Waals surface area contributed by atoms with Crippen LogP contribution in [0.15, 0.2) is 70.7 Å². The van der Waals surface area contributed by atoms with Crippen molar-refractivity contribution in [2.24, 2.45) is 0 Å². The minimum atomic E-state index is -0.221. The van der Waals surface area contributed by atoms with Gasteiger partial charge in [0, 0.05) is 30.8 Å². The van der Waals surface area contributed by atoms with Gasteiger partial charge < -0.3 is 4.90 Å². The van der Waals surface area contributed by atoms with Crippen LogP contribution in [-0.4, -0.2) is 28.3 Å². The number of amides is 1. The fourth-order valence-corrected chi connectivity index (χ4v) is 3.40. The van der Waals surface area contributed by atoms with Gasteiger partial charge in [-0.15, -0.1) is 0 Å². The molecule has 0 N–H and O–H groups in total. The lowest BCUT2D eigenvalue weighted by Gasteiger charge is -2.16. The summed E-state index contributed by atoms with van der Waals surface area (Å²) in [4.78, 5) is 31.0. The molecule has 0 spiro atoms. The normalized spacial score (nSPS) is 10.6. The predicted molar refractivity (Wildman–Crippen MR) is 110 cm³/mol. The van der Waals surface area contributed by atoms with Crippen molar-refractivity contribution in [2.45, 2.75) is 18.9 Å². The predicted octanol–water partition coefficient (Wildman–Crippen LogP) is 3.60. The highest BCUT2D eigenvalue weighted by atomic mass is 32.2. The van der Waals surface area contributed by atoms with Crippen molar-refractivity contribution in [3.05, 3.63) is 82.4 Å². The Labute approximate surface area is 162 Å². The Morgan fingerprint density at radius 3 is 2.56 bits per heavy atom. The Hall–Kier alpha value is -2.86. The number of aromatic nitrogens is 2. The molecule has 6 heteroatoms. The molecule has 0 radical (unpaired) electrons. The van der Waals surface area contributed by atoms with E-state index in [0.29, 0.717) is 5.03 Å². The standard InChI is InChI=1S/C21H21N3O2S/c1-15-9-10-18(13-16(15)2)24-12-11-22-20(21(24)26)27-14-19(25)23(3)17-7-5-4-6-8-17/h4-13H,14H2,1-3H3. The van der Waals surface area contributed by atoms with Gasteiger partial charge in [0.2, 0.25) is 5.91 Å². The van der Waals surface area contributed by atoms with Crippen LogP contribution in [0.1, 0.15) is 11.1 Å². The largest absolute Gasteiger partial charge is 0.315 e.